The number of carbonyl (C=O) groups excluding carboxylic acids is 2. The van der Waals surface area contributed by atoms with Crippen molar-refractivity contribution >= 4 is 23.6 Å². The summed E-state index contributed by atoms with van der Waals surface area (Å²) in [6.45, 7) is 4.40. The monoisotopic (exact) mass is 280 g/mol. The molecule has 1 rings (SSSR count). The minimum Gasteiger partial charge on any atom is -0.593 e. The molecule has 2 N–H and O–H groups in total. The molecule has 0 spiro atoms. The zero-order chi connectivity index (χ0) is 14.1. The van der Waals surface area contributed by atoms with E-state index in [0.29, 0.717) is 30.6 Å². The molecular formula is C13H16N2O3S. The lowest BCUT2D eigenvalue weighted by molar-refractivity contribution is 0.0952. The molecule has 0 saturated heterocycles. The van der Waals surface area contributed by atoms with Gasteiger partial charge in [-0.2, -0.15) is 0 Å². The zero-order valence-corrected chi connectivity index (χ0v) is 11.2. The van der Waals surface area contributed by atoms with Gasteiger partial charge in [-0.15, -0.1) is 4.72 Å². The highest BCUT2D eigenvalue weighted by molar-refractivity contribution is 7.92. The molecule has 0 heterocycles. The van der Waals surface area contributed by atoms with Crippen LogP contribution < -0.4 is 10.0 Å². The molecule has 1 aromatic rings. The Morgan fingerprint density at radius 3 is 2.58 bits per heavy atom. The lowest BCUT2D eigenvalue weighted by Crippen LogP contribution is -2.29. The fraction of sp³-hybridized carbons (Fsp3) is 0.231. The smallest absolute Gasteiger partial charge is 0.251 e. The van der Waals surface area contributed by atoms with Crippen LogP contribution in [-0.4, -0.2) is 29.8 Å². The van der Waals surface area contributed by atoms with Crippen molar-refractivity contribution in [3.63, 3.8) is 0 Å². The predicted molar refractivity (Wildman–Crippen MR) is 75.1 cm³/mol. The molecule has 6 heteroatoms. The second kappa shape index (κ2) is 8.47. The van der Waals surface area contributed by atoms with Gasteiger partial charge in [-0.25, -0.2) is 0 Å². The Hall–Kier alpha value is -1.63. The summed E-state index contributed by atoms with van der Waals surface area (Å²) in [6.07, 6.45) is 1.39. The van der Waals surface area contributed by atoms with Crippen molar-refractivity contribution in [2.45, 2.75) is 6.42 Å². The van der Waals surface area contributed by atoms with E-state index >= 15 is 0 Å². The van der Waals surface area contributed by atoms with Crippen LogP contribution in [0.2, 0.25) is 0 Å². The van der Waals surface area contributed by atoms with E-state index in [0.717, 1.165) is 6.29 Å². The summed E-state index contributed by atoms with van der Waals surface area (Å²) >= 11 is -1.21. The summed E-state index contributed by atoms with van der Waals surface area (Å²) in [7, 11) is 0. The number of carbonyl (C=O) groups is 2. The van der Waals surface area contributed by atoms with Gasteiger partial charge in [-0.05, 0) is 25.1 Å². The summed E-state index contributed by atoms with van der Waals surface area (Å²) in [5.74, 6) is -0.192. The third kappa shape index (κ3) is 5.69. The molecule has 5 nitrogen and oxygen atoms in total. The molecule has 0 fully saturated rings. The SMILES string of the molecule is C=C[S+]([O-])NCCCNC(=O)c1ccc(C=O)cc1. The Bertz CT molecular complexity index is 434. The molecule has 0 radical (unpaired) electrons. The van der Waals surface area contributed by atoms with Gasteiger partial charge in [-0.3, -0.25) is 9.59 Å². The second-order valence-corrected chi connectivity index (χ2v) is 4.92. The lowest BCUT2D eigenvalue weighted by atomic mass is 10.1. The van der Waals surface area contributed by atoms with Gasteiger partial charge in [-0.1, -0.05) is 12.1 Å². The molecule has 0 aliphatic carbocycles. The molecule has 0 bridgehead atoms. The maximum absolute atomic E-state index is 11.7. The number of rotatable bonds is 8. The summed E-state index contributed by atoms with van der Waals surface area (Å²) in [5.41, 5.74) is 1.04. The number of hydrogen-bond donors (Lipinski definition) is 2. The van der Waals surface area contributed by atoms with Crippen molar-refractivity contribution < 1.29 is 14.1 Å². The quantitative estimate of drug-likeness (QED) is 0.423. The summed E-state index contributed by atoms with van der Waals surface area (Å²) in [4.78, 5) is 22.2. The Kier molecular flexibility index (Phi) is 6.88. The Labute approximate surface area is 115 Å². The van der Waals surface area contributed by atoms with E-state index in [9.17, 15) is 14.1 Å². The first-order chi connectivity index (χ1) is 9.17. The number of hydrogen-bond acceptors (Lipinski definition) is 4. The molecule has 1 aromatic carbocycles. The third-order valence-corrected chi connectivity index (χ3v) is 3.14. The van der Waals surface area contributed by atoms with Crippen LogP contribution in [0.15, 0.2) is 36.3 Å². The van der Waals surface area contributed by atoms with E-state index in [4.69, 9.17) is 0 Å². The number of aldehydes is 1. The summed E-state index contributed by atoms with van der Waals surface area (Å²) in [5, 5.41) is 4.05. The highest BCUT2D eigenvalue weighted by Crippen LogP contribution is 2.02. The Morgan fingerprint density at radius 1 is 1.32 bits per heavy atom. The van der Waals surface area contributed by atoms with E-state index in [-0.39, 0.29) is 5.91 Å². The predicted octanol–water partition coefficient (Wildman–Crippen LogP) is 1.02. The van der Waals surface area contributed by atoms with Gasteiger partial charge in [0.25, 0.3) is 5.91 Å². The van der Waals surface area contributed by atoms with E-state index in [1.54, 1.807) is 24.3 Å². The van der Waals surface area contributed by atoms with Crippen molar-refractivity contribution in [3.05, 3.63) is 47.4 Å². The van der Waals surface area contributed by atoms with Gasteiger partial charge >= 0.3 is 0 Å². The van der Waals surface area contributed by atoms with E-state index in [1.165, 1.54) is 5.41 Å². The number of amides is 1. The molecular weight excluding hydrogens is 264 g/mol. The van der Waals surface area contributed by atoms with E-state index < -0.39 is 11.4 Å². The summed E-state index contributed by atoms with van der Waals surface area (Å²) < 4.78 is 13.7. The third-order valence-electron chi connectivity index (χ3n) is 2.34. The molecule has 0 saturated carbocycles. The van der Waals surface area contributed by atoms with Crippen molar-refractivity contribution in [2.75, 3.05) is 13.1 Å². The molecule has 0 aromatic heterocycles. The van der Waals surface area contributed by atoms with Crippen LogP contribution in [0.1, 0.15) is 27.1 Å². The Morgan fingerprint density at radius 2 is 2.00 bits per heavy atom. The van der Waals surface area contributed by atoms with E-state index in [1.807, 2.05) is 0 Å². The average Bonchev–Trinajstić information content (AvgIpc) is 2.46. The van der Waals surface area contributed by atoms with Gasteiger partial charge < -0.3 is 9.87 Å². The van der Waals surface area contributed by atoms with Crippen molar-refractivity contribution in [1.82, 2.24) is 10.0 Å². The van der Waals surface area contributed by atoms with Crippen molar-refractivity contribution in [2.24, 2.45) is 0 Å². The standard InChI is InChI=1S/C13H16N2O3S/c1-2-19(18)15-9-3-8-14-13(17)12-6-4-11(10-16)5-7-12/h2,4-7,10,15H,1,3,8-9H2,(H,14,17). The number of nitrogens with one attached hydrogen (secondary N) is 2. The van der Waals surface area contributed by atoms with Crippen LogP contribution in [0.3, 0.4) is 0 Å². The van der Waals surface area contributed by atoms with Crippen molar-refractivity contribution in [1.29, 1.82) is 0 Å². The molecule has 0 aliphatic rings. The van der Waals surface area contributed by atoms with Crippen LogP contribution in [0, 0.1) is 0 Å². The first-order valence-corrected chi connectivity index (χ1v) is 6.98. The van der Waals surface area contributed by atoms with Gasteiger partial charge in [0.05, 0.1) is 11.4 Å². The zero-order valence-electron chi connectivity index (χ0n) is 10.4. The minimum absolute atomic E-state index is 0.192. The van der Waals surface area contributed by atoms with Crippen LogP contribution in [0.25, 0.3) is 0 Å². The van der Waals surface area contributed by atoms with Crippen LogP contribution in [0.5, 0.6) is 0 Å². The first kappa shape index (κ1) is 15.4. The molecule has 102 valence electrons. The molecule has 1 atom stereocenters. The van der Waals surface area contributed by atoms with Gasteiger partial charge in [0.15, 0.2) is 0 Å². The maximum Gasteiger partial charge on any atom is 0.251 e. The van der Waals surface area contributed by atoms with Crippen molar-refractivity contribution in [3.8, 4) is 0 Å². The fourth-order valence-electron chi connectivity index (χ4n) is 1.34. The fourth-order valence-corrected chi connectivity index (χ4v) is 1.80. The lowest BCUT2D eigenvalue weighted by Gasteiger charge is -2.07. The summed E-state index contributed by atoms with van der Waals surface area (Å²) in [6, 6.07) is 6.39. The molecule has 19 heavy (non-hydrogen) atoms. The average molecular weight is 280 g/mol. The number of benzene rings is 1. The highest BCUT2D eigenvalue weighted by atomic mass is 32.2. The normalized spacial score (nSPS) is 11.6. The van der Waals surface area contributed by atoms with Crippen LogP contribution in [0.4, 0.5) is 0 Å². The Balaban J connectivity index is 2.27. The largest absolute Gasteiger partial charge is 0.593 e. The topological polar surface area (TPSA) is 81.3 Å². The molecule has 0 aliphatic heterocycles. The van der Waals surface area contributed by atoms with Crippen LogP contribution in [-0.2, 0) is 11.4 Å². The van der Waals surface area contributed by atoms with Gasteiger partial charge in [0.1, 0.15) is 11.7 Å². The van der Waals surface area contributed by atoms with Gasteiger partial charge in [0.2, 0.25) is 0 Å². The first-order valence-electron chi connectivity index (χ1n) is 5.77. The minimum atomic E-state index is -1.21. The molecule has 1 unspecified atom stereocenters. The van der Waals surface area contributed by atoms with Crippen LogP contribution >= 0.6 is 0 Å². The maximum atomic E-state index is 11.7. The van der Waals surface area contributed by atoms with E-state index in [2.05, 4.69) is 16.6 Å². The van der Waals surface area contributed by atoms with Gasteiger partial charge in [0, 0.05) is 24.2 Å². The second-order valence-electron chi connectivity index (χ2n) is 3.71. The molecule has 1 amide bonds. The highest BCUT2D eigenvalue weighted by Gasteiger charge is 2.04.